The van der Waals surface area contributed by atoms with Crippen molar-refractivity contribution in [2.24, 2.45) is 0 Å². The molecule has 5 nitrogen and oxygen atoms in total. The Morgan fingerprint density at radius 2 is 0.762 bits per heavy atom. The van der Waals surface area contributed by atoms with Crippen LogP contribution in [-0.2, 0) is 5.41 Å². The number of nitrogens with zero attached hydrogens (tertiary/aromatic N) is 3. The number of hydrogen-bond acceptors (Lipinski definition) is 5. The quantitative estimate of drug-likeness (QED) is 0.144. The summed E-state index contributed by atoms with van der Waals surface area (Å²) in [6.07, 6.45) is 0. The minimum absolute atomic E-state index is 0.782. The molecule has 0 fully saturated rings. The number of anilines is 9. The molecule has 1 aliphatic heterocycles. The molecular weight excluding hydrogens is 975 g/mol. The van der Waals surface area contributed by atoms with E-state index in [0.29, 0.717) is 0 Å². The fourth-order valence-electron chi connectivity index (χ4n) is 12.9. The predicted octanol–water partition coefficient (Wildman–Crippen LogP) is 21.1. The largest absolute Gasteiger partial charge is 0.454 e. The highest BCUT2D eigenvalue weighted by molar-refractivity contribution is 6.11. The molecule has 0 spiro atoms. The van der Waals surface area contributed by atoms with Crippen molar-refractivity contribution in [1.29, 1.82) is 0 Å². The van der Waals surface area contributed by atoms with Crippen LogP contribution >= 0.6 is 0 Å². The van der Waals surface area contributed by atoms with Gasteiger partial charge < -0.3 is 23.5 Å². The monoisotopic (exact) mass is 1040 g/mol. The van der Waals surface area contributed by atoms with Crippen LogP contribution in [0.2, 0.25) is 0 Å². The highest BCUT2D eigenvalue weighted by atomic mass is 16.3. The molecule has 0 atom stereocenters. The summed E-state index contributed by atoms with van der Waals surface area (Å²) in [7, 11) is 0. The van der Waals surface area contributed by atoms with Crippen LogP contribution in [0.15, 0.2) is 233 Å². The van der Waals surface area contributed by atoms with Gasteiger partial charge in [0.2, 0.25) is 0 Å². The molecule has 80 heavy (non-hydrogen) atoms. The van der Waals surface area contributed by atoms with E-state index in [1.165, 1.54) is 55.6 Å². The lowest BCUT2D eigenvalue weighted by Crippen LogP contribution is -2.38. The zero-order valence-electron chi connectivity index (χ0n) is 46.5. The van der Waals surface area contributed by atoms with Gasteiger partial charge in [-0.1, -0.05) is 151 Å². The molecule has 5 heteroatoms. The van der Waals surface area contributed by atoms with Crippen LogP contribution in [0.3, 0.4) is 0 Å². The van der Waals surface area contributed by atoms with E-state index < -0.39 is 5.41 Å². The first-order valence-corrected chi connectivity index (χ1v) is 27.8. The lowest BCUT2D eigenvalue weighted by Gasteiger charge is -2.47. The molecule has 0 bridgehead atoms. The molecule has 0 unspecified atom stereocenters. The second kappa shape index (κ2) is 18.8. The fraction of sp³-hybridized carbons (Fsp3) is 0.120. The van der Waals surface area contributed by atoms with Gasteiger partial charge in [-0.15, -0.1) is 0 Å². The van der Waals surface area contributed by atoms with Crippen LogP contribution in [-0.4, -0.2) is 0 Å². The Labute approximate surface area is 468 Å². The second-order valence-electron chi connectivity index (χ2n) is 22.2. The van der Waals surface area contributed by atoms with E-state index in [1.54, 1.807) is 0 Å². The molecular formula is C75H61N3O2. The average molecular weight is 1040 g/mol. The van der Waals surface area contributed by atoms with Gasteiger partial charge in [0, 0.05) is 50.0 Å². The van der Waals surface area contributed by atoms with Gasteiger partial charge in [-0.25, -0.2) is 0 Å². The number of furan rings is 2. The Morgan fingerprint density at radius 1 is 0.325 bits per heavy atom. The Balaban J connectivity index is 1.01. The molecule has 3 heterocycles. The summed E-state index contributed by atoms with van der Waals surface area (Å²) in [6, 6.07) is 82.9. The Kier molecular flexibility index (Phi) is 11.5. The van der Waals surface area contributed by atoms with Gasteiger partial charge in [0.1, 0.15) is 11.2 Å². The van der Waals surface area contributed by atoms with Gasteiger partial charge in [-0.2, -0.15) is 0 Å². The van der Waals surface area contributed by atoms with Gasteiger partial charge >= 0.3 is 0 Å². The zero-order chi connectivity index (χ0) is 54.6. The summed E-state index contributed by atoms with van der Waals surface area (Å²) >= 11 is 0. The van der Waals surface area contributed by atoms with E-state index in [9.17, 15) is 0 Å². The standard InChI is InChI=1S/C75H61N3O2/c1-46-27-34-56(35-28-46)76-65-22-12-11-21-63(65)75(64-41-47(2)29-40-66(64)76,54-30-36-57(37-31-54)77(69-44-50(5)48(3)42-52(69)7)67-23-15-19-61-59-17-9-13-25-71(59)79-73(61)67)55-32-38-58(39-33-55)78(70-45-51(6)49(4)43-53(70)8)68-24-16-20-62-60-18-10-14-26-72(60)80-74(62)68/h9-45H,1-8H3. The van der Waals surface area contributed by atoms with Crippen LogP contribution in [0.25, 0.3) is 43.9 Å². The third-order valence-electron chi connectivity index (χ3n) is 17.1. The van der Waals surface area contributed by atoms with Crippen LogP contribution in [0.5, 0.6) is 0 Å². The van der Waals surface area contributed by atoms with Gasteiger partial charge in [0.15, 0.2) is 11.2 Å². The first-order valence-electron chi connectivity index (χ1n) is 27.8. The molecule has 13 aromatic rings. The van der Waals surface area contributed by atoms with Crippen molar-refractivity contribution < 1.29 is 8.83 Å². The van der Waals surface area contributed by atoms with Crippen LogP contribution < -0.4 is 14.7 Å². The van der Waals surface area contributed by atoms with Crippen molar-refractivity contribution in [1.82, 2.24) is 0 Å². The van der Waals surface area contributed by atoms with Crippen LogP contribution in [0, 0.1) is 55.4 Å². The Morgan fingerprint density at radius 3 is 1.29 bits per heavy atom. The van der Waals surface area contributed by atoms with E-state index in [0.717, 1.165) is 106 Å². The summed E-state index contributed by atoms with van der Waals surface area (Å²) in [4.78, 5) is 7.26. The van der Waals surface area contributed by atoms with Gasteiger partial charge in [-0.05, 0) is 196 Å². The number of aryl methyl sites for hydroxylation is 8. The van der Waals surface area contributed by atoms with Gasteiger partial charge in [-0.3, -0.25) is 0 Å². The second-order valence-corrected chi connectivity index (χ2v) is 22.2. The number of benzene rings is 11. The molecule has 14 rings (SSSR count). The summed E-state index contributed by atoms with van der Waals surface area (Å²) in [5.41, 5.74) is 26.8. The van der Waals surface area contributed by atoms with Gasteiger partial charge in [0.05, 0.1) is 28.2 Å². The lowest BCUT2D eigenvalue weighted by molar-refractivity contribution is 0.668. The van der Waals surface area contributed by atoms with Gasteiger partial charge in [0.25, 0.3) is 0 Å². The molecule has 0 amide bonds. The maximum atomic E-state index is 6.82. The van der Waals surface area contributed by atoms with Crippen LogP contribution in [0.4, 0.5) is 51.2 Å². The smallest absolute Gasteiger partial charge is 0.159 e. The number of para-hydroxylation sites is 5. The zero-order valence-corrected chi connectivity index (χ0v) is 46.5. The normalized spacial score (nSPS) is 12.8. The van der Waals surface area contributed by atoms with Crippen molar-refractivity contribution in [2.45, 2.75) is 60.8 Å². The minimum atomic E-state index is -0.782. The van der Waals surface area contributed by atoms with E-state index in [4.69, 9.17) is 8.83 Å². The van der Waals surface area contributed by atoms with Crippen molar-refractivity contribution in [3.63, 3.8) is 0 Å². The first kappa shape index (κ1) is 48.8. The summed E-state index contributed by atoms with van der Waals surface area (Å²) in [6.45, 7) is 17.6. The molecule has 0 saturated carbocycles. The molecule has 388 valence electrons. The molecule has 0 radical (unpaired) electrons. The highest BCUT2D eigenvalue weighted by Crippen LogP contribution is 2.59. The summed E-state index contributed by atoms with van der Waals surface area (Å²) in [5.74, 6) is 0. The molecule has 0 saturated heterocycles. The SMILES string of the molecule is Cc1ccc(N2c3ccccc3C(c3ccc(N(c4cc(C)c(C)cc4C)c4cccc5c4oc4ccccc45)cc3)(c3ccc(N(c4cc(C)c(C)cc4C)c4cccc5c4oc4ccccc45)cc3)c3cc(C)ccc32)cc1. The molecule has 11 aromatic carbocycles. The van der Waals surface area contributed by atoms with Crippen molar-refractivity contribution in [2.75, 3.05) is 14.7 Å². The number of fused-ring (bicyclic) bond motifs is 8. The van der Waals surface area contributed by atoms with E-state index in [2.05, 4.69) is 282 Å². The maximum absolute atomic E-state index is 6.82. The van der Waals surface area contributed by atoms with Crippen molar-refractivity contribution in [3.05, 3.63) is 291 Å². The molecule has 1 aliphatic rings. The van der Waals surface area contributed by atoms with Crippen molar-refractivity contribution in [3.8, 4) is 0 Å². The molecule has 2 aromatic heterocycles. The van der Waals surface area contributed by atoms with Crippen LogP contribution in [0.1, 0.15) is 66.8 Å². The average Bonchev–Trinajstić information content (AvgIpc) is 4.14. The number of rotatable bonds is 9. The fourth-order valence-corrected chi connectivity index (χ4v) is 12.9. The third-order valence-corrected chi connectivity index (χ3v) is 17.1. The minimum Gasteiger partial charge on any atom is -0.454 e. The lowest BCUT2D eigenvalue weighted by atomic mass is 9.62. The van der Waals surface area contributed by atoms with E-state index >= 15 is 0 Å². The Bertz CT molecular complexity index is 4360. The topological polar surface area (TPSA) is 36.0 Å². The number of hydrogen-bond donors (Lipinski definition) is 0. The third kappa shape index (κ3) is 7.59. The molecule has 0 aliphatic carbocycles. The molecule has 0 N–H and O–H groups in total. The Hall–Kier alpha value is -9.58. The summed E-state index contributed by atoms with van der Waals surface area (Å²) in [5, 5.41) is 4.39. The maximum Gasteiger partial charge on any atom is 0.159 e. The first-order chi connectivity index (χ1) is 39.0. The van der Waals surface area contributed by atoms with Crippen molar-refractivity contribution >= 4 is 95.1 Å². The van der Waals surface area contributed by atoms with E-state index in [-0.39, 0.29) is 0 Å². The van der Waals surface area contributed by atoms with E-state index in [1.807, 2.05) is 12.1 Å². The highest BCUT2D eigenvalue weighted by Gasteiger charge is 2.47. The predicted molar refractivity (Wildman–Crippen MR) is 335 cm³/mol. The summed E-state index contributed by atoms with van der Waals surface area (Å²) < 4.78 is 13.6.